The van der Waals surface area contributed by atoms with E-state index in [1.54, 1.807) is 13.0 Å². The molecule has 1 aromatic heterocycles. The number of hydrogen-bond acceptors (Lipinski definition) is 29. The number of thioether (sulfide) groups is 1. The van der Waals surface area contributed by atoms with E-state index >= 15 is 0 Å². The van der Waals surface area contributed by atoms with E-state index in [9.17, 15) is 36.5 Å². The molecule has 12 N–H and O–H groups in total. The Morgan fingerprint density at radius 2 is 1.43 bits per heavy atom. The zero-order chi connectivity index (χ0) is 50.8. The van der Waals surface area contributed by atoms with E-state index in [1.165, 1.54) is 66.7 Å². The van der Waals surface area contributed by atoms with Crippen molar-refractivity contribution in [2.75, 3.05) is 16.8 Å². The number of nitrogens with one attached hydrogen (secondary N) is 1. The molecule has 27 nitrogen and oxygen atoms in total. The van der Waals surface area contributed by atoms with Gasteiger partial charge in [-0.15, -0.1) is 28.3 Å². The lowest BCUT2D eigenvalue weighted by molar-refractivity contribution is -0.432. The molecule has 0 atom stereocenters. The van der Waals surface area contributed by atoms with Crippen molar-refractivity contribution in [1.29, 1.82) is 0 Å². The SMILES string of the molecule is Cc1ccc(C=Cc2ccc(N=Nc3c(SOOO)cc4cc(S(O)(O)O)c(N=Nc5cc(Nc6nc(Cl)nc(SCC(=O)O)n6)ccc5SOOO)c(N)c4c3O)cc2SOOO)c(S(=O)(=O)O)c1. The van der Waals surface area contributed by atoms with Crippen LogP contribution in [0, 0.1) is 6.92 Å². The van der Waals surface area contributed by atoms with Crippen molar-refractivity contribution in [1.82, 2.24) is 15.0 Å². The van der Waals surface area contributed by atoms with E-state index in [0.717, 1.165) is 17.8 Å². The van der Waals surface area contributed by atoms with Crippen molar-refractivity contribution in [3.63, 3.8) is 0 Å². The lowest BCUT2D eigenvalue weighted by Gasteiger charge is -2.23. The number of aromatic hydroxyl groups is 1. The Kier molecular flexibility index (Phi) is 18.6. The third-order valence-electron chi connectivity index (χ3n) is 8.61. The van der Waals surface area contributed by atoms with Gasteiger partial charge in [0.2, 0.25) is 11.2 Å². The van der Waals surface area contributed by atoms with Gasteiger partial charge in [-0.05, 0) is 89.1 Å². The fourth-order valence-electron chi connectivity index (χ4n) is 5.78. The summed E-state index contributed by atoms with van der Waals surface area (Å²) in [5, 5.41) is 77.5. The van der Waals surface area contributed by atoms with E-state index in [1.807, 2.05) is 0 Å². The first kappa shape index (κ1) is 54.0. The van der Waals surface area contributed by atoms with Crippen molar-refractivity contribution >= 4 is 149 Å². The number of carbonyl (C=O) groups is 1. The van der Waals surface area contributed by atoms with Crippen LogP contribution < -0.4 is 11.1 Å². The van der Waals surface area contributed by atoms with E-state index < -0.39 is 49.0 Å². The first-order chi connectivity index (χ1) is 33.3. The van der Waals surface area contributed by atoms with Crippen LogP contribution in [0.15, 0.2) is 117 Å². The minimum Gasteiger partial charge on any atom is -0.505 e. The Morgan fingerprint density at radius 1 is 0.771 bits per heavy atom. The van der Waals surface area contributed by atoms with Gasteiger partial charge in [0.05, 0.1) is 73.3 Å². The summed E-state index contributed by atoms with van der Waals surface area (Å²) < 4.78 is 79.4. The Morgan fingerprint density at radius 3 is 2.10 bits per heavy atom. The minimum absolute atomic E-state index is 0.0202. The number of hydrogen-bond donors (Lipinski definition) is 11. The number of aromatic nitrogens is 3. The summed E-state index contributed by atoms with van der Waals surface area (Å²) in [5.41, 5.74) is 6.28. The molecule has 0 saturated carbocycles. The number of phenols is 1. The highest BCUT2D eigenvalue weighted by Gasteiger charge is 2.28. The number of fused-ring (bicyclic) bond motifs is 1. The topological polar surface area (TPSA) is 415 Å². The number of nitrogen functional groups attached to an aromatic ring is 1. The molecular formula is C36H30ClN9O18S6. The average Bonchev–Trinajstić information content (AvgIpc) is 3.30. The number of nitrogens with two attached hydrogens (primary N) is 1. The van der Waals surface area contributed by atoms with E-state index in [-0.39, 0.29) is 80.8 Å². The molecule has 0 bridgehead atoms. The molecule has 0 saturated heterocycles. The maximum Gasteiger partial charge on any atom is 0.313 e. The molecule has 0 aliphatic carbocycles. The molecule has 0 radical (unpaired) electrons. The number of benzene rings is 5. The molecule has 0 unspecified atom stereocenters. The molecule has 370 valence electrons. The van der Waals surface area contributed by atoms with Crippen LogP contribution in [-0.2, 0) is 43.0 Å². The van der Waals surface area contributed by atoms with Gasteiger partial charge in [-0.1, -0.05) is 57.2 Å². The number of aryl methyl sites for hydroxylation is 1. The van der Waals surface area contributed by atoms with Crippen LogP contribution in [0.25, 0.3) is 22.9 Å². The minimum atomic E-state index is -4.70. The van der Waals surface area contributed by atoms with Crippen LogP contribution in [0.1, 0.15) is 16.7 Å². The van der Waals surface area contributed by atoms with Gasteiger partial charge in [-0.2, -0.15) is 28.5 Å². The average molecular weight is 1100 g/mol. The second-order valence-electron chi connectivity index (χ2n) is 13.2. The number of rotatable bonds is 22. The second-order valence-corrected chi connectivity index (χ2v) is 19.6. The van der Waals surface area contributed by atoms with E-state index in [0.29, 0.717) is 47.3 Å². The van der Waals surface area contributed by atoms with Crippen molar-refractivity contribution in [2.45, 2.75) is 36.6 Å². The number of azo groups is 2. The summed E-state index contributed by atoms with van der Waals surface area (Å²) in [6.07, 6.45) is 2.86. The first-order valence-electron chi connectivity index (χ1n) is 18.3. The molecule has 6 rings (SSSR count). The van der Waals surface area contributed by atoms with Crippen LogP contribution in [0.5, 0.6) is 5.75 Å². The zero-order valence-corrected chi connectivity index (χ0v) is 40.1. The van der Waals surface area contributed by atoms with Crippen molar-refractivity contribution in [3.8, 4) is 5.75 Å². The first-order valence-corrected chi connectivity index (χ1v) is 24.8. The number of phenolic OH excluding ortho intramolecular Hbond substituents is 1. The smallest absolute Gasteiger partial charge is 0.313 e. The summed E-state index contributed by atoms with van der Waals surface area (Å²) in [6, 6.07) is 15.1. The number of halogens is 1. The normalized spacial score (nSPS) is 12.5. The van der Waals surface area contributed by atoms with Crippen LogP contribution >= 0.6 is 70.4 Å². The highest BCUT2D eigenvalue weighted by Crippen LogP contribution is 2.56. The van der Waals surface area contributed by atoms with Gasteiger partial charge in [-0.25, -0.2) is 15.8 Å². The summed E-state index contributed by atoms with van der Waals surface area (Å²) in [4.78, 5) is 22.2. The van der Waals surface area contributed by atoms with Crippen molar-refractivity contribution in [2.24, 2.45) is 20.5 Å². The number of nitrogens with zero attached hydrogens (tertiary/aromatic N) is 7. The Balaban J connectivity index is 1.42. The zero-order valence-electron chi connectivity index (χ0n) is 34.4. The van der Waals surface area contributed by atoms with Gasteiger partial charge in [0.1, 0.15) is 32.8 Å². The molecule has 0 fully saturated rings. The van der Waals surface area contributed by atoms with Gasteiger partial charge in [0.15, 0.2) is 10.9 Å². The molecule has 34 heteroatoms. The Bertz CT molecular complexity index is 3140. The predicted octanol–water partition coefficient (Wildman–Crippen LogP) is 11.3. The fourth-order valence-corrected chi connectivity index (χ4v) is 9.42. The van der Waals surface area contributed by atoms with Crippen molar-refractivity contribution < 1.29 is 85.5 Å². The number of carboxylic acids is 1. The molecule has 0 aliphatic rings. The van der Waals surface area contributed by atoms with Crippen LogP contribution in [0.3, 0.4) is 0 Å². The van der Waals surface area contributed by atoms with Gasteiger partial charge in [0, 0.05) is 10.6 Å². The molecule has 6 aromatic rings. The summed E-state index contributed by atoms with van der Waals surface area (Å²) in [6.45, 7) is 1.64. The third kappa shape index (κ3) is 14.2. The van der Waals surface area contributed by atoms with Gasteiger partial charge in [0.25, 0.3) is 10.1 Å². The quantitative estimate of drug-likeness (QED) is 0.00439. The summed E-state index contributed by atoms with van der Waals surface area (Å²) in [5.74, 6) is -2.38. The summed E-state index contributed by atoms with van der Waals surface area (Å²) in [7, 11) is -9.30. The Hall–Kier alpha value is -5.35. The second kappa shape index (κ2) is 24.2. The standard InChI is InChI=1S/C36H30ClN9O18S6/c1-16-2-3-18(26(10-16)69(53,54)55)5-4-17-6-7-21(14-24(17)67-63-60-51)43-45-31-25(68-64-61-52)11-19-12-27(70(56,57)58)32(30(38)29(19)33(31)49)46-44-22-13-20(8-9-23(22)66-62-59-50)39-35-40-34(37)41-36(42-35)65-15-28(47)48/h2-14,49-52,56-58H,15,38H2,1H3,(H,47,48)(H,53,54,55)(H,39,40,41,42). The predicted molar refractivity (Wildman–Crippen MR) is 253 cm³/mol. The lowest BCUT2D eigenvalue weighted by atomic mass is 10.1. The Labute approximate surface area is 415 Å². The molecule has 0 aliphatic heterocycles. The fraction of sp³-hybridized carbons (Fsp3) is 0.0556. The van der Waals surface area contributed by atoms with Gasteiger partial charge < -0.3 is 34.9 Å². The van der Waals surface area contributed by atoms with Gasteiger partial charge in [-0.3, -0.25) is 9.35 Å². The number of anilines is 3. The highest BCUT2D eigenvalue weighted by molar-refractivity contribution is 8.19. The van der Waals surface area contributed by atoms with Crippen LogP contribution in [0.4, 0.5) is 40.1 Å². The maximum absolute atomic E-state index is 12.1. The molecule has 70 heavy (non-hydrogen) atoms. The molecule has 0 amide bonds. The molecule has 5 aromatic carbocycles. The highest BCUT2D eigenvalue weighted by atomic mass is 35.5. The monoisotopic (exact) mass is 1100 g/mol. The van der Waals surface area contributed by atoms with Crippen LogP contribution in [-0.4, -0.2) is 79.3 Å². The van der Waals surface area contributed by atoms with Crippen LogP contribution in [0.2, 0.25) is 5.28 Å². The lowest BCUT2D eigenvalue weighted by Crippen LogP contribution is -2.03. The van der Waals surface area contributed by atoms with Crippen molar-refractivity contribution in [3.05, 3.63) is 88.7 Å². The molecule has 1 heterocycles. The number of carboxylic acid groups (broad SMARTS) is 1. The maximum atomic E-state index is 12.1. The third-order valence-corrected chi connectivity index (χ3v) is 13.4. The largest absolute Gasteiger partial charge is 0.505 e. The number of aliphatic carboxylic acids is 1. The molecular weight excluding hydrogens is 1070 g/mol. The summed E-state index contributed by atoms with van der Waals surface area (Å²) >= 11 is 8.04. The van der Waals surface area contributed by atoms with E-state index in [2.05, 4.69) is 68.8 Å². The molecule has 0 spiro atoms. The van der Waals surface area contributed by atoms with E-state index in [4.69, 9.17) is 38.2 Å². The van der Waals surface area contributed by atoms with Gasteiger partial charge >= 0.3 is 5.97 Å².